The molecule has 0 aliphatic carbocycles. The number of benzene rings is 2. The smallest absolute Gasteiger partial charge is 0.207 e. The average molecular weight is 361 g/mol. The van der Waals surface area contributed by atoms with Crippen LogP contribution in [-0.2, 0) is 15.5 Å². The van der Waals surface area contributed by atoms with Gasteiger partial charge >= 0.3 is 0 Å². The van der Waals surface area contributed by atoms with Crippen molar-refractivity contribution in [3.05, 3.63) is 63.1 Å². The summed E-state index contributed by atoms with van der Waals surface area (Å²) in [6, 6.07) is 11.2. The summed E-state index contributed by atoms with van der Waals surface area (Å²) in [7, 11) is 1.48. The van der Waals surface area contributed by atoms with Crippen molar-refractivity contribution in [3.8, 4) is 6.07 Å². The van der Waals surface area contributed by atoms with E-state index in [1.54, 1.807) is 24.3 Å². The SMILES string of the molecule is N#Cc1ccc(Cc2cc(Cl)cc(Cl)c2)c(S(=O)(=O)Cl)c1. The van der Waals surface area contributed by atoms with Gasteiger partial charge in [-0.3, -0.25) is 0 Å². The summed E-state index contributed by atoms with van der Waals surface area (Å²) >= 11 is 11.8. The van der Waals surface area contributed by atoms with Gasteiger partial charge in [-0.05, 0) is 47.9 Å². The lowest BCUT2D eigenvalue weighted by Crippen LogP contribution is -2.00. The lowest BCUT2D eigenvalue weighted by molar-refractivity contribution is 0.608. The Morgan fingerprint density at radius 1 is 1.05 bits per heavy atom. The summed E-state index contributed by atoms with van der Waals surface area (Å²) in [6.07, 6.45) is 0.285. The minimum Gasteiger partial charge on any atom is -0.207 e. The standard InChI is InChI=1S/C14H8Cl3NO2S/c15-12-4-10(5-13(16)7-12)3-11-2-1-9(8-18)6-14(11)21(17,19)20/h1-2,4-7H,3H2. The molecule has 2 aromatic rings. The van der Waals surface area contributed by atoms with Crippen LogP contribution in [0.3, 0.4) is 0 Å². The first-order valence-corrected chi connectivity index (χ1v) is 8.79. The number of halogens is 3. The third kappa shape index (κ3) is 4.12. The van der Waals surface area contributed by atoms with E-state index in [4.69, 9.17) is 39.1 Å². The Balaban J connectivity index is 2.52. The molecule has 0 saturated carbocycles. The monoisotopic (exact) mass is 359 g/mol. The van der Waals surface area contributed by atoms with Crippen LogP contribution >= 0.6 is 33.9 Å². The molecule has 3 nitrogen and oxygen atoms in total. The van der Waals surface area contributed by atoms with Gasteiger partial charge in [0.15, 0.2) is 0 Å². The van der Waals surface area contributed by atoms with E-state index < -0.39 is 9.05 Å². The number of hydrogen-bond acceptors (Lipinski definition) is 3. The normalized spacial score (nSPS) is 11.1. The molecule has 0 atom stereocenters. The fraction of sp³-hybridized carbons (Fsp3) is 0.0714. The Labute approximate surface area is 137 Å². The predicted molar refractivity (Wildman–Crippen MR) is 83.5 cm³/mol. The number of nitrogens with zero attached hydrogens (tertiary/aromatic N) is 1. The van der Waals surface area contributed by atoms with Crippen molar-refractivity contribution < 1.29 is 8.42 Å². The summed E-state index contributed by atoms with van der Waals surface area (Å²) in [5.41, 5.74) is 1.45. The first-order valence-electron chi connectivity index (χ1n) is 5.72. The minimum absolute atomic E-state index is 0.0840. The van der Waals surface area contributed by atoms with Gasteiger partial charge in [-0.1, -0.05) is 29.3 Å². The third-order valence-electron chi connectivity index (χ3n) is 2.78. The highest BCUT2D eigenvalue weighted by molar-refractivity contribution is 8.13. The van der Waals surface area contributed by atoms with Crippen molar-refractivity contribution in [2.75, 3.05) is 0 Å². The highest BCUT2D eigenvalue weighted by Gasteiger charge is 2.17. The van der Waals surface area contributed by atoms with E-state index in [2.05, 4.69) is 0 Å². The second-order valence-electron chi connectivity index (χ2n) is 4.33. The molecule has 0 fully saturated rings. The van der Waals surface area contributed by atoms with Gasteiger partial charge in [-0.2, -0.15) is 5.26 Å². The van der Waals surface area contributed by atoms with E-state index in [9.17, 15) is 8.42 Å². The maximum absolute atomic E-state index is 11.6. The lowest BCUT2D eigenvalue weighted by Gasteiger charge is -2.08. The van der Waals surface area contributed by atoms with E-state index in [-0.39, 0.29) is 16.9 Å². The fourth-order valence-corrected chi connectivity index (χ4v) is 3.65. The summed E-state index contributed by atoms with van der Waals surface area (Å²) < 4.78 is 23.3. The van der Waals surface area contributed by atoms with Gasteiger partial charge in [0.25, 0.3) is 9.05 Å². The molecule has 0 spiro atoms. The van der Waals surface area contributed by atoms with Gasteiger partial charge in [-0.15, -0.1) is 0 Å². The second-order valence-corrected chi connectivity index (χ2v) is 7.73. The van der Waals surface area contributed by atoms with E-state index in [0.717, 1.165) is 5.56 Å². The molecule has 0 amide bonds. The van der Waals surface area contributed by atoms with Gasteiger partial charge in [0.05, 0.1) is 16.5 Å². The molecule has 0 aliphatic heterocycles. The van der Waals surface area contributed by atoms with E-state index in [1.165, 1.54) is 12.1 Å². The molecule has 0 aliphatic rings. The highest BCUT2D eigenvalue weighted by Crippen LogP contribution is 2.26. The largest absolute Gasteiger partial charge is 0.261 e. The predicted octanol–water partition coefficient (Wildman–Crippen LogP) is 4.38. The van der Waals surface area contributed by atoms with Gasteiger partial charge in [0.1, 0.15) is 0 Å². The van der Waals surface area contributed by atoms with Gasteiger partial charge in [0, 0.05) is 20.7 Å². The molecule has 21 heavy (non-hydrogen) atoms. The van der Waals surface area contributed by atoms with Crippen molar-refractivity contribution in [3.63, 3.8) is 0 Å². The molecule has 0 N–H and O–H groups in total. The third-order valence-corrected chi connectivity index (χ3v) is 4.62. The maximum atomic E-state index is 11.6. The van der Waals surface area contributed by atoms with Crippen molar-refractivity contribution in [2.45, 2.75) is 11.3 Å². The molecule has 7 heteroatoms. The minimum atomic E-state index is -3.95. The van der Waals surface area contributed by atoms with Gasteiger partial charge < -0.3 is 0 Å². The van der Waals surface area contributed by atoms with Crippen LogP contribution in [-0.4, -0.2) is 8.42 Å². The molecular formula is C14H8Cl3NO2S. The van der Waals surface area contributed by atoms with Crippen LogP contribution in [0.25, 0.3) is 0 Å². The first kappa shape index (κ1) is 16.1. The van der Waals surface area contributed by atoms with Gasteiger partial charge in [0.2, 0.25) is 0 Å². The molecule has 2 rings (SSSR count). The number of nitriles is 1. The summed E-state index contributed by atoms with van der Waals surface area (Å²) in [5, 5.41) is 9.78. The molecule has 2 aromatic carbocycles. The Bertz CT molecular complexity index is 822. The fourth-order valence-electron chi connectivity index (χ4n) is 1.93. The van der Waals surface area contributed by atoms with Crippen molar-refractivity contribution in [1.82, 2.24) is 0 Å². The van der Waals surface area contributed by atoms with Crippen LogP contribution in [0.15, 0.2) is 41.3 Å². The molecule has 0 aromatic heterocycles. The van der Waals surface area contributed by atoms with Crippen LogP contribution in [0.2, 0.25) is 10.0 Å². The Morgan fingerprint density at radius 3 is 2.19 bits per heavy atom. The van der Waals surface area contributed by atoms with Crippen LogP contribution in [0.4, 0.5) is 0 Å². The summed E-state index contributed by atoms with van der Waals surface area (Å²) in [6.45, 7) is 0. The van der Waals surface area contributed by atoms with E-state index in [1.807, 2.05) is 6.07 Å². The molecular weight excluding hydrogens is 353 g/mol. The van der Waals surface area contributed by atoms with E-state index in [0.29, 0.717) is 15.6 Å². The van der Waals surface area contributed by atoms with Crippen LogP contribution in [0.1, 0.15) is 16.7 Å². The maximum Gasteiger partial charge on any atom is 0.261 e. The number of hydrogen-bond donors (Lipinski definition) is 0. The van der Waals surface area contributed by atoms with Crippen molar-refractivity contribution in [1.29, 1.82) is 5.26 Å². The van der Waals surface area contributed by atoms with Crippen molar-refractivity contribution >= 4 is 42.9 Å². The second kappa shape index (κ2) is 6.25. The molecule has 108 valence electrons. The lowest BCUT2D eigenvalue weighted by atomic mass is 10.0. The first-order chi connectivity index (χ1) is 9.79. The molecule has 0 unspecified atom stereocenters. The van der Waals surface area contributed by atoms with Gasteiger partial charge in [-0.25, -0.2) is 8.42 Å². The molecule has 0 radical (unpaired) electrons. The van der Waals surface area contributed by atoms with Crippen LogP contribution < -0.4 is 0 Å². The Hall–Kier alpha value is -1.25. The van der Waals surface area contributed by atoms with E-state index >= 15 is 0 Å². The zero-order chi connectivity index (χ0) is 15.6. The Kier molecular flexibility index (Phi) is 4.80. The highest BCUT2D eigenvalue weighted by atomic mass is 35.7. The molecule has 0 heterocycles. The molecule has 0 bridgehead atoms. The zero-order valence-electron chi connectivity index (χ0n) is 10.5. The topological polar surface area (TPSA) is 57.9 Å². The van der Waals surface area contributed by atoms with Crippen molar-refractivity contribution in [2.24, 2.45) is 0 Å². The zero-order valence-corrected chi connectivity index (χ0v) is 13.6. The average Bonchev–Trinajstić information content (AvgIpc) is 2.36. The van der Waals surface area contributed by atoms with Crippen LogP contribution in [0, 0.1) is 11.3 Å². The Morgan fingerprint density at radius 2 is 1.67 bits per heavy atom. The quantitative estimate of drug-likeness (QED) is 0.763. The molecule has 0 saturated heterocycles. The summed E-state index contributed by atoms with van der Waals surface area (Å²) in [5.74, 6) is 0. The summed E-state index contributed by atoms with van der Waals surface area (Å²) in [4.78, 5) is -0.0840. The number of rotatable bonds is 3. The van der Waals surface area contributed by atoms with Crippen LogP contribution in [0.5, 0.6) is 0 Å².